The Balaban J connectivity index is 2.83. The van der Waals surface area contributed by atoms with Gasteiger partial charge in [0, 0.05) is 12.3 Å². The van der Waals surface area contributed by atoms with Crippen LogP contribution in [-0.2, 0) is 6.42 Å². The van der Waals surface area contributed by atoms with Crippen LogP contribution in [0.2, 0.25) is 5.02 Å². The summed E-state index contributed by atoms with van der Waals surface area (Å²) in [5.74, 6) is 0.850. The molecule has 0 aromatic carbocycles. The Morgan fingerprint density at radius 2 is 2.30 bits per heavy atom. The highest BCUT2D eigenvalue weighted by Gasteiger charge is 2.05. The lowest BCUT2D eigenvalue weighted by molar-refractivity contribution is 0.981. The van der Waals surface area contributed by atoms with Gasteiger partial charge in [-0.1, -0.05) is 11.6 Å². The second-order valence-corrected chi connectivity index (χ2v) is 2.60. The van der Waals surface area contributed by atoms with Crippen LogP contribution >= 0.6 is 23.2 Å². The number of rotatable bonds is 2. The average molecular weight is 180 g/mol. The molecule has 56 valence electrons. The topological polar surface area (TPSA) is 54.7 Å². The molecule has 1 rings (SSSR count). The molecule has 0 radical (unpaired) electrons. The van der Waals surface area contributed by atoms with E-state index in [1.165, 1.54) is 0 Å². The van der Waals surface area contributed by atoms with Crippen molar-refractivity contribution >= 4 is 29.0 Å². The van der Waals surface area contributed by atoms with Gasteiger partial charge < -0.3 is 5.73 Å². The molecule has 0 amide bonds. The van der Waals surface area contributed by atoms with Crippen molar-refractivity contribution in [3.05, 3.63) is 10.7 Å². The van der Waals surface area contributed by atoms with Crippen molar-refractivity contribution in [3.63, 3.8) is 0 Å². The molecule has 0 aliphatic carbocycles. The van der Waals surface area contributed by atoms with Gasteiger partial charge in [-0.3, -0.25) is 5.10 Å². The first kappa shape index (κ1) is 7.69. The van der Waals surface area contributed by atoms with Crippen LogP contribution in [-0.4, -0.2) is 16.1 Å². The molecule has 0 spiro atoms. The Labute approximate surface area is 68.5 Å². The van der Waals surface area contributed by atoms with Gasteiger partial charge in [0.2, 0.25) is 0 Å². The van der Waals surface area contributed by atoms with E-state index in [2.05, 4.69) is 10.2 Å². The molecule has 0 fully saturated rings. The molecule has 1 aromatic rings. The molecule has 0 atom stereocenters. The van der Waals surface area contributed by atoms with E-state index in [-0.39, 0.29) is 0 Å². The SMILES string of the molecule is Nc1n[nH]c(CCCl)c1Cl. The van der Waals surface area contributed by atoms with Gasteiger partial charge in [-0.25, -0.2) is 0 Å². The van der Waals surface area contributed by atoms with E-state index in [1.807, 2.05) is 0 Å². The summed E-state index contributed by atoms with van der Waals surface area (Å²) in [5, 5.41) is 6.87. The van der Waals surface area contributed by atoms with Crippen molar-refractivity contribution in [2.24, 2.45) is 0 Å². The Morgan fingerprint density at radius 1 is 1.60 bits per heavy atom. The van der Waals surface area contributed by atoms with E-state index >= 15 is 0 Å². The number of aryl methyl sites for hydroxylation is 1. The first-order chi connectivity index (χ1) is 4.75. The fourth-order valence-electron chi connectivity index (χ4n) is 0.641. The van der Waals surface area contributed by atoms with Crippen LogP contribution in [0.1, 0.15) is 5.69 Å². The largest absolute Gasteiger partial charge is 0.381 e. The molecule has 0 saturated carbocycles. The maximum Gasteiger partial charge on any atom is 0.164 e. The van der Waals surface area contributed by atoms with Crippen molar-refractivity contribution < 1.29 is 0 Å². The first-order valence-electron chi connectivity index (χ1n) is 2.80. The number of nitrogens with one attached hydrogen (secondary N) is 1. The van der Waals surface area contributed by atoms with Gasteiger partial charge >= 0.3 is 0 Å². The van der Waals surface area contributed by atoms with Gasteiger partial charge in [0.05, 0.1) is 5.69 Å². The van der Waals surface area contributed by atoms with Gasteiger partial charge in [-0.15, -0.1) is 11.6 Å². The predicted molar refractivity (Wildman–Crippen MR) is 42.4 cm³/mol. The maximum absolute atomic E-state index is 5.71. The molecular formula is C5H7Cl2N3. The lowest BCUT2D eigenvalue weighted by Gasteiger charge is -1.90. The van der Waals surface area contributed by atoms with Crippen LogP contribution in [0.4, 0.5) is 5.82 Å². The Kier molecular flexibility index (Phi) is 2.40. The minimum atomic E-state index is 0.335. The number of nitrogen functional groups attached to an aromatic ring is 1. The quantitative estimate of drug-likeness (QED) is 0.676. The minimum absolute atomic E-state index is 0.335. The monoisotopic (exact) mass is 179 g/mol. The molecule has 0 saturated heterocycles. The second-order valence-electron chi connectivity index (χ2n) is 1.84. The number of alkyl halides is 1. The Hall–Kier alpha value is -0.410. The van der Waals surface area contributed by atoms with E-state index < -0.39 is 0 Å². The van der Waals surface area contributed by atoms with Gasteiger partial charge in [-0.05, 0) is 0 Å². The van der Waals surface area contributed by atoms with Crippen molar-refractivity contribution in [3.8, 4) is 0 Å². The van der Waals surface area contributed by atoms with E-state index in [9.17, 15) is 0 Å². The molecule has 3 nitrogen and oxygen atoms in total. The third kappa shape index (κ3) is 1.36. The van der Waals surface area contributed by atoms with Gasteiger partial charge in [-0.2, -0.15) is 5.10 Å². The molecule has 1 aromatic heterocycles. The van der Waals surface area contributed by atoms with E-state index in [0.29, 0.717) is 23.1 Å². The van der Waals surface area contributed by atoms with Gasteiger partial charge in [0.1, 0.15) is 5.02 Å². The zero-order chi connectivity index (χ0) is 7.56. The molecule has 0 bridgehead atoms. The smallest absolute Gasteiger partial charge is 0.164 e. The molecule has 3 N–H and O–H groups in total. The first-order valence-corrected chi connectivity index (χ1v) is 3.71. The number of aromatic nitrogens is 2. The molecule has 0 unspecified atom stereocenters. The number of aromatic amines is 1. The molecule has 1 heterocycles. The number of anilines is 1. The normalized spacial score (nSPS) is 10.2. The standard InChI is InChI=1S/C5H7Cl2N3/c6-2-1-3-4(7)5(8)10-9-3/h1-2H2,(H3,8,9,10). The number of H-pyrrole nitrogens is 1. The molecule has 10 heavy (non-hydrogen) atoms. The zero-order valence-corrected chi connectivity index (χ0v) is 6.71. The summed E-state index contributed by atoms with van der Waals surface area (Å²) in [6.45, 7) is 0. The summed E-state index contributed by atoms with van der Waals surface area (Å²) in [5.41, 5.74) is 6.15. The van der Waals surface area contributed by atoms with Crippen LogP contribution < -0.4 is 5.73 Å². The summed E-state index contributed by atoms with van der Waals surface area (Å²) in [4.78, 5) is 0. The van der Waals surface area contributed by atoms with E-state index in [0.717, 1.165) is 5.69 Å². The number of halogens is 2. The van der Waals surface area contributed by atoms with E-state index in [4.69, 9.17) is 28.9 Å². The summed E-state index contributed by atoms with van der Waals surface area (Å²) in [6.07, 6.45) is 0.671. The zero-order valence-electron chi connectivity index (χ0n) is 5.19. The van der Waals surface area contributed by atoms with Crippen molar-refractivity contribution in [1.29, 1.82) is 0 Å². The van der Waals surface area contributed by atoms with Crippen molar-refractivity contribution in [2.75, 3.05) is 11.6 Å². The molecule has 5 heteroatoms. The third-order valence-corrected chi connectivity index (χ3v) is 1.76. The third-order valence-electron chi connectivity index (χ3n) is 1.15. The predicted octanol–water partition coefficient (Wildman–Crippen LogP) is 1.43. The van der Waals surface area contributed by atoms with Gasteiger partial charge in [0.25, 0.3) is 0 Å². The van der Waals surface area contributed by atoms with Gasteiger partial charge in [0.15, 0.2) is 5.82 Å². The summed E-state index contributed by atoms with van der Waals surface area (Å²) >= 11 is 11.2. The molecular weight excluding hydrogens is 173 g/mol. The molecule has 0 aliphatic rings. The average Bonchev–Trinajstić information content (AvgIpc) is 2.20. The lowest BCUT2D eigenvalue weighted by Crippen LogP contribution is -1.86. The van der Waals surface area contributed by atoms with Crippen LogP contribution in [0, 0.1) is 0 Å². The summed E-state index contributed by atoms with van der Waals surface area (Å²) < 4.78 is 0. The Bertz CT molecular complexity index is 221. The highest BCUT2D eigenvalue weighted by molar-refractivity contribution is 6.33. The minimum Gasteiger partial charge on any atom is -0.381 e. The molecule has 0 aliphatic heterocycles. The van der Waals surface area contributed by atoms with Crippen LogP contribution in [0.25, 0.3) is 0 Å². The fourth-order valence-corrected chi connectivity index (χ4v) is 1.01. The van der Waals surface area contributed by atoms with Crippen LogP contribution in [0.15, 0.2) is 0 Å². The second kappa shape index (κ2) is 3.12. The Morgan fingerprint density at radius 3 is 2.70 bits per heavy atom. The van der Waals surface area contributed by atoms with Crippen LogP contribution in [0.5, 0.6) is 0 Å². The van der Waals surface area contributed by atoms with Crippen molar-refractivity contribution in [1.82, 2.24) is 10.2 Å². The van der Waals surface area contributed by atoms with E-state index in [1.54, 1.807) is 0 Å². The maximum atomic E-state index is 5.71. The number of nitrogens with zero attached hydrogens (tertiary/aromatic N) is 1. The van der Waals surface area contributed by atoms with Crippen molar-refractivity contribution in [2.45, 2.75) is 6.42 Å². The fraction of sp³-hybridized carbons (Fsp3) is 0.400. The number of hydrogen-bond donors (Lipinski definition) is 2. The summed E-state index contributed by atoms with van der Waals surface area (Å²) in [6, 6.07) is 0. The van der Waals surface area contributed by atoms with Crippen LogP contribution in [0.3, 0.4) is 0 Å². The number of nitrogens with two attached hydrogens (primary N) is 1. The highest BCUT2D eigenvalue weighted by Crippen LogP contribution is 2.20. The number of hydrogen-bond acceptors (Lipinski definition) is 2. The summed E-state index contributed by atoms with van der Waals surface area (Å²) in [7, 11) is 0. The highest BCUT2D eigenvalue weighted by atomic mass is 35.5. The lowest BCUT2D eigenvalue weighted by atomic mass is 10.3.